The fraction of sp³-hybridized carbons (Fsp3) is 0.103. The van der Waals surface area contributed by atoms with Crippen molar-refractivity contribution in [2.24, 2.45) is 0 Å². The van der Waals surface area contributed by atoms with E-state index >= 15 is 0 Å². The number of hydrogen-bond donors (Lipinski definition) is 0. The summed E-state index contributed by atoms with van der Waals surface area (Å²) in [6, 6.07) is 29.1. The van der Waals surface area contributed by atoms with Gasteiger partial charge in [-0.1, -0.05) is 84.9 Å². The highest BCUT2D eigenvalue weighted by Crippen LogP contribution is 2.19. The van der Waals surface area contributed by atoms with Gasteiger partial charge in [-0.15, -0.1) is 0 Å². The highest BCUT2D eigenvalue weighted by Gasteiger charge is 2.21. The summed E-state index contributed by atoms with van der Waals surface area (Å²) in [4.78, 5) is 24.8. The van der Waals surface area contributed by atoms with E-state index in [1.165, 1.54) is 24.3 Å². The second-order valence-electron chi connectivity index (χ2n) is 8.56. The zero-order valence-electron chi connectivity index (χ0n) is 19.8. The van der Waals surface area contributed by atoms with E-state index < -0.39 is 42.7 Å². The molecule has 0 aliphatic rings. The van der Waals surface area contributed by atoms with E-state index in [1.54, 1.807) is 84.9 Å². The summed E-state index contributed by atoms with van der Waals surface area (Å²) in [5.41, 5.74) is 2.33. The number of sulfone groups is 2. The number of carbonyl (C=O) groups is 2. The van der Waals surface area contributed by atoms with Gasteiger partial charge in [0.15, 0.2) is 31.2 Å². The molecule has 0 aromatic heterocycles. The smallest absolute Gasteiger partial charge is 0.185 e. The van der Waals surface area contributed by atoms with Gasteiger partial charge in [0.25, 0.3) is 0 Å². The van der Waals surface area contributed by atoms with Crippen LogP contribution in [-0.4, -0.2) is 39.9 Å². The minimum atomic E-state index is -3.79. The second-order valence-corrected chi connectivity index (χ2v) is 12.5. The Bertz CT molecular complexity index is 1480. The Morgan fingerprint density at radius 1 is 0.459 bits per heavy atom. The summed E-state index contributed by atoms with van der Waals surface area (Å²) in [5, 5.41) is 0. The first-order valence-corrected chi connectivity index (χ1v) is 14.7. The Morgan fingerprint density at radius 3 is 1.11 bits per heavy atom. The van der Waals surface area contributed by atoms with Gasteiger partial charge in [0.05, 0.1) is 9.79 Å². The maximum atomic E-state index is 12.7. The molecule has 0 spiro atoms. The van der Waals surface area contributed by atoms with Crippen LogP contribution in [0.5, 0.6) is 0 Å². The lowest BCUT2D eigenvalue weighted by molar-refractivity contribution is 0.101. The Labute approximate surface area is 216 Å². The van der Waals surface area contributed by atoms with Crippen molar-refractivity contribution in [2.75, 3.05) is 11.5 Å². The van der Waals surface area contributed by atoms with Crippen molar-refractivity contribution >= 4 is 31.2 Å². The largest absolute Gasteiger partial charge is 0.293 e. The van der Waals surface area contributed by atoms with Crippen LogP contribution in [0, 0.1) is 0 Å². The zero-order valence-corrected chi connectivity index (χ0v) is 21.4. The maximum Gasteiger partial charge on any atom is 0.185 e. The van der Waals surface area contributed by atoms with Gasteiger partial charge < -0.3 is 0 Å². The molecule has 6 nitrogen and oxygen atoms in total. The third-order valence-corrected chi connectivity index (χ3v) is 9.07. The van der Waals surface area contributed by atoms with Crippen LogP contribution < -0.4 is 0 Å². The highest BCUT2D eigenvalue weighted by atomic mass is 32.2. The number of carbonyl (C=O) groups excluding carboxylic acids is 2. The molecule has 0 aliphatic heterocycles. The van der Waals surface area contributed by atoms with Crippen LogP contribution >= 0.6 is 0 Å². The average molecular weight is 533 g/mol. The van der Waals surface area contributed by atoms with Gasteiger partial charge in [-0.25, -0.2) is 16.8 Å². The van der Waals surface area contributed by atoms with Crippen molar-refractivity contribution in [3.8, 4) is 0 Å². The van der Waals surface area contributed by atoms with E-state index in [9.17, 15) is 26.4 Å². The van der Waals surface area contributed by atoms with E-state index in [1.807, 2.05) is 0 Å². The zero-order chi connectivity index (χ0) is 26.5. The minimum Gasteiger partial charge on any atom is -0.293 e. The molecule has 0 heterocycles. The van der Waals surface area contributed by atoms with E-state index in [-0.39, 0.29) is 9.79 Å². The first kappa shape index (κ1) is 26.2. The van der Waals surface area contributed by atoms with Crippen LogP contribution in [0.4, 0.5) is 0 Å². The molecule has 0 bridgehead atoms. The predicted octanol–water partition coefficient (Wildman–Crippen LogP) is 4.59. The molecule has 188 valence electrons. The number of benzene rings is 4. The van der Waals surface area contributed by atoms with Gasteiger partial charge in [-0.05, 0) is 41.8 Å². The van der Waals surface area contributed by atoms with E-state index in [0.29, 0.717) is 17.5 Å². The van der Waals surface area contributed by atoms with Gasteiger partial charge in [-0.3, -0.25) is 9.59 Å². The topological polar surface area (TPSA) is 102 Å². The first-order valence-electron chi connectivity index (χ1n) is 11.4. The molecule has 0 fully saturated rings. The third kappa shape index (κ3) is 6.67. The third-order valence-electron chi connectivity index (χ3n) is 5.81. The van der Waals surface area contributed by atoms with Crippen LogP contribution in [0.25, 0.3) is 0 Å². The molecule has 0 amide bonds. The quantitative estimate of drug-likeness (QED) is 0.277. The van der Waals surface area contributed by atoms with E-state index in [0.717, 1.165) is 11.1 Å². The van der Waals surface area contributed by atoms with E-state index in [2.05, 4.69) is 0 Å². The summed E-state index contributed by atoms with van der Waals surface area (Å²) in [6.45, 7) is 0. The number of hydrogen-bond acceptors (Lipinski definition) is 6. The summed E-state index contributed by atoms with van der Waals surface area (Å²) < 4.78 is 50.7. The molecular formula is C29H24O6S2. The molecule has 4 aromatic rings. The van der Waals surface area contributed by atoms with Crippen molar-refractivity contribution in [2.45, 2.75) is 16.2 Å². The van der Waals surface area contributed by atoms with E-state index in [4.69, 9.17) is 0 Å². The number of ketones is 2. The summed E-state index contributed by atoms with van der Waals surface area (Å²) in [5.74, 6) is -2.16. The van der Waals surface area contributed by atoms with Crippen molar-refractivity contribution in [3.63, 3.8) is 0 Å². The van der Waals surface area contributed by atoms with Crippen LogP contribution in [-0.2, 0) is 26.1 Å². The Balaban J connectivity index is 1.40. The van der Waals surface area contributed by atoms with Gasteiger partial charge in [-0.2, -0.15) is 0 Å². The lowest BCUT2D eigenvalue weighted by Gasteiger charge is -2.08. The molecular weight excluding hydrogens is 508 g/mol. The molecule has 37 heavy (non-hydrogen) atoms. The van der Waals surface area contributed by atoms with Crippen LogP contribution in [0.3, 0.4) is 0 Å². The van der Waals surface area contributed by atoms with Crippen molar-refractivity contribution in [3.05, 3.63) is 131 Å². The molecule has 0 aliphatic carbocycles. The van der Waals surface area contributed by atoms with Crippen LogP contribution in [0.2, 0.25) is 0 Å². The minimum absolute atomic E-state index is 0.0602. The lowest BCUT2D eigenvalue weighted by atomic mass is 10.1. The summed E-state index contributed by atoms with van der Waals surface area (Å²) in [6.07, 6.45) is 0.451. The Kier molecular flexibility index (Phi) is 7.80. The van der Waals surface area contributed by atoms with Crippen LogP contribution in [0.1, 0.15) is 31.8 Å². The molecule has 0 saturated heterocycles. The molecule has 8 heteroatoms. The van der Waals surface area contributed by atoms with Crippen molar-refractivity contribution in [1.29, 1.82) is 0 Å². The molecule has 4 rings (SSSR count). The molecule has 0 radical (unpaired) electrons. The predicted molar refractivity (Wildman–Crippen MR) is 141 cm³/mol. The molecule has 4 aromatic carbocycles. The van der Waals surface area contributed by atoms with Gasteiger partial charge in [0.2, 0.25) is 0 Å². The summed E-state index contributed by atoms with van der Waals surface area (Å²) in [7, 11) is -7.59. The fourth-order valence-electron chi connectivity index (χ4n) is 3.79. The maximum absolute atomic E-state index is 12.7. The fourth-order valence-corrected chi connectivity index (χ4v) is 6.25. The molecule has 0 atom stereocenters. The van der Waals surface area contributed by atoms with Crippen molar-refractivity contribution in [1.82, 2.24) is 0 Å². The second kappa shape index (κ2) is 11.0. The van der Waals surface area contributed by atoms with Crippen LogP contribution in [0.15, 0.2) is 119 Å². The van der Waals surface area contributed by atoms with Gasteiger partial charge in [0.1, 0.15) is 11.5 Å². The Hall–Kier alpha value is -3.88. The molecule has 0 unspecified atom stereocenters. The number of rotatable bonds is 10. The van der Waals surface area contributed by atoms with Gasteiger partial charge in [0, 0.05) is 11.1 Å². The van der Waals surface area contributed by atoms with Gasteiger partial charge >= 0.3 is 0 Å². The lowest BCUT2D eigenvalue weighted by Crippen LogP contribution is -2.16. The molecule has 0 saturated carbocycles. The number of Topliss-reactive ketones (excluding diaryl/α,β-unsaturated/α-hetero) is 2. The normalized spacial score (nSPS) is 11.7. The standard InChI is InChI=1S/C29H24O6S2/c30-28(24-7-3-1-4-8-24)20-36(32,33)26-15-11-22(12-16-26)19-23-13-17-27(18-14-23)37(34,35)21-29(31)25-9-5-2-6-10-25/h1-18H,19-21H2. The van der Waals surface area contributed by atoms with Crippen molar-refractivity contribution < 1.29 is 26.4 Å². The first-order chi connectivity index (χ1) is 17.6. The average Bonchev–Trinajstić information content (AvgIpc) is 2.90. The summed E-state index contributed by atoms with van der Waals surface area (Å²) >= 11 is 0. The highest BCUT2D eigenvalue weighted by molar-refractivity contribution is 7.92. The molecule has 0 N–H and O–H groups in total. The monoisotopic (exact) mass is 532 g/mol. The SMILES string of the molecule is O=C(CS(=O)(=O)c1ccc(Cc2ccc(S(=O)(=O)CC(=O)c3ccccc3)cc2)cc1)c1ccccc1. The Morgan fingerprint density at radius 2 is 0.784 bits per heavy atom.